The van der Waals surface area contributed by atoms with Crippen LogP contribution in [0.25, 0.3) is 11.0 Å². The molecule has 2 unspecified atom stereocenters. The molecule has 90 valence electrons. The number of hydrogen-bond donors (Lipinski definition) is 1. The molecule has 3 rings (SSSR count). The van der Waals surface area contributed by atoms with E-state index in [0.717, 1.165) is 23.9 Å². The molecule has 0 radical (unpaired) electrons. The Morgan fingerprint density at radius 3 is 3.00 bits per heavy atom. The third-order valence-electron chi connectivity index (χ3n) is 3.50. The lowest BCUT2D eigenvalue weighted by atomic mass is 10.3. The summed E-state index contributed by atoms with van der Waals surface area (Å²) in [5.41, 5.74) is 1.83. The second kappa shape index (κ2) is 4.05. The lowest BCUT2D eigenvalue weighted by Crippen LogP contribution is -1.96. The van der Waals surface area contributed by atoms with Crippen molar-refractivity contribution in [1.82, 2.24) is 9.55 Å². The molecular formula is C12H12FIN2S. The highest BCUT2D eigenvalue weighted by molar-refractivity contribution is 14.1. The molecule has 17 heavy (non-hydrogen) atoms. The van der Waals surface area contributed by atoms with E-state index in [9.17, 15) is 4.39 Å². The number of imidazole rings is 1. The minimum absolute atomic E-state index is 0.172. The first-order chi connectivity index (χ1) is 8.11. The van der Waals surface area contributed by atoms with Gasteiger partial charge in [-0.05, 0) is 53.2 Å². The van der Waals surface area contributed by atoms with Crippen molar-refractivity contribution >= 4 is 45.8 Å². The number of rotatable bonds is 2. The summed E-state index contributed by atoms with van der Waals surface area (Å²) in [6, 6.07) is 3.87. The Morgan fingerprint density at radius 2 is 2.35 bits per heavy atom. The molecule has 2 nitrogen and oxygen atoms in total. The van der Waals surface area contributed by atoms with E-state index < -0.39 is 0 Å². The van der Waals surface area contributed by atoms with Crippen molar-refractivity contribution < 1.29 is 4.39 Å². The molecule has 5 heteroatoms. The number of benzene rings is 1. The maximum atomic E-state index is 13.6. The van der Waals surface area contributed by atoms with E-state index in [1.54, 1.807) is 6.07 Å². The van der Waals surface area contributed by atoms with Gasteiger partial charge in [0.05, 0.1) is 14.6 Å². The zero-order chi connectivity index (χ0) is 12.2. The maximum Gasteiger partial charge on any atom is 0.178 e. The van der Waals surface area contributed by atoms with Crippen molar-refractivity contribution in [3.8, 4) is 0 Å². The highest BCUT2D eigenvalue weighted by Gasteiger charge is 2.38. The van der Waals surface area contributed by atoms with Gasteiger partial charge in [-0.25, -0.2) is 4.39 Å². The van der Waals surface area contributed by atoms with E-state index >= 15 is 0 Å². The molecule has 1 aromatic carbocycles. The Hall–Kier alpha value is -0.430. The molecule has 0 spiro atoms. The molecule has 1 aromatic heterocycles. The molecule has 1 aliphatic rings. The van der Waals surface area contributed by atoms with Crippen LogP contribution in [0, 0.1) is 20.1 Å². The van der Waals surface area contributed by atoms with Crippen LogP contribution in [0.15, 0.2) is 12.1 Å². The smallest absolute Gasteiger partial charge is 0.178 e. The molecule has 1 saturated carbocycles. The topological polar surface area (TPSA) is 20.7 Å². The van der Waals surface area contributed by atoms with Crippen LogP contribution in [0.5, 0.6) is 0 Å². The average molecular weight is 362 g/mol. The van der Waals surface area contributed by atoms with Crippen molar-refractivity contribution in [2.24, 2.45) is 5.92 Å². The fourth-order valence-electron chi connectivity index (χ4n) is 2.44. The molecule has 0 aliphatic heterocycles. The highest BCUT2D eigenvalue weighted by Crippen LogP contribution is 2.47. The molecule has 1 fully saturated rings. The number of aromatic amines is 1. The third kappa shape index (κ3) is 1.83. The molecule has 0 amide bonds. The van der Waals surface area contributed by atoms with E-state index in [0.29, 0.717) is 20.3 Å². The van der Waals surface area contributed by atoms with Gasteiger partial charge in [0.1, 0.15) is 5.82 Å². The van der Waals surface area contributed by atoms with Gasteiger partial charge >= 0.3 is 0 Å². The van der Waals surface area contributed by atoms with Crippen LogP contribution in [0.3, 0.4) is 0 Å². The fraction of sp³-hybridized carbons (Fsp3) is 0.417. The second-order valence-corrected chi connectivity index (χ2v) is 6.10. The lowest BCUT2D eigenvalue weighted by Gasteiger charge is -2.03. The van der Waals surface area contributed by atoms with Gasteiger partial charge in [-0.1, -0.05) is 13.3 Å². The summed E-state index contributed by atoms with van der Waals surface area (Å²) in [7, 11) is 0. The van der Waals surface area contributed by atoms with Gasteiger partial charge in [0.2, 0.25) is 0 Å². The predicted molar refractivity (Wildman–Crippen MR) is 77.2 cm³/mol. The zero-order valence-electron chi connectivity index (χ0n) is 9.34. The van der Waals surface area contributed by atoms with E-state index in [-0.39, 0.29) is 5.82 Å². The molecule has 2 aromatic rings. The summed E-state index contributed by atoms with van der Waals surface area (Å²) < 4.78 is 17.1. The molecule has 1 N–H and O–H groups in total. The Bertz CT molecular complexity index is 646. The summed E-state index contributed by atoms with van der Waals surface area (Å²) >= 11 is 7.34. The maximum absolute atomic E-state index is 13.6. The van der Waals surface area contributed by atoms with Gasteiger partial charge in [0.15, 0.2) is 4.77 Å². The first-order valence-electron chi connectivity index (χ1n) is 5.71. The van der Waals surface area contributed by atoms with Crippen molar-refractivity contribution in [3.63, 3.8) is 0 Å². The van der Waals surface area contributed by atoms with Crippen LogP contribution >= 0.6 is 34.8 Å². The highest BCUT2D eigenvalue weighted by atomic mass is 127. The van der Waals surface area contributed by atoms with Gasteiger partial charge < -0.3 is 9.55 Å². The van der Waals surface area contributed by atoms with E-state index in [1.165, 1.54) is 0 Å². The fourth-order valence-corrected chi connectivity index (χ4v) is 3.25. The van der Waals surface area contributed by atoms with Crippen molar-refractivity contribution in [2.75, 3.05) is 0 Å². The number of aromatic nitrogens is 2. The first-order valence-corrected chi connectivity index (χ1v) is 7.19. The van der Waals surface area contributed by atoms with Crippen molar-refractivity contribution in [2.45, 2.75) is 25.8 Å². The van der Waals surface area contributed by atoms with Crippen molar-refractivity contribution in [1.29, 1.82) is 0 Å². The van der Waals surface area contributed by atoms with E-state index in [4.69, 9.17) is 12.2 Å². The van der Waals surface area contributed by atoms with Crippen LogP contribution in [-0.4, -0.2) is 9.55 Å². The molecule has 1 heterocycles. The number of hydrogen-bond acceptors (Lipinski definition) is 1. The second-order valence-electron chi connectivity index (χ2n) is 4.55. The van der Waals surface area contributed by atoms with Crippen LogP contribution in [-0.2, 0) is 0 Å². The van der Waals surface area contributed by atoms with E-state index in [2.05, 4.69) is 16.5 Å². The summed E-state index contributed by atoms with van der Waals surface area (Å²) in [5.74, 6) is 0.526. The molecule has 2 atom stereocenters. The predicted octanol–water partition coefficient (Wildman–Crippen LogP) is 4.41. The zero-order valence-corrected chi connectivity index (χ0v) is 12.3. The third-order valence-corrected chi connectivity index (χ3v) is 4.63. The largest absolute Gasteiger partial charge is 0.331 e. The van der Waals surface area contributed by atoms with Gasteiger partial charge in [0.25, 0.3) is 0 Å². The van der Waals surface area contributed by atoms with Gasteiger partial charge in [-0.3, -0.25) is 0 Å². The lowest BCUT2D eigenvalue weighted by molar-refractivity contribution is 0.617. The summed E-state index contributed by atoms with van der Waals surface area (Å²) in [6.45, 7) is 2.19. The standard InChI is InChI=1S/C12H12FIN2S/c1-2-6-3-10(6)16-11-4-7(13)8(14)5-9(11)15-12(16)17/h4-6,10H,2-3H2,1H3,(H,15,17). The number of fused-ring (bicyclic) bond motifs is 1. The van der Waals surface area contributed by atoms with E-state index in [1.807, 2.05) is 28.7 Å². The molecular weight excluding hydrogens is 350 g/mol. The number of halogens is 2. The Balaban J connectivity index is 2.21. The summed E-state index contributed by atoms with van der Waals surface area (Å²) in [6.07, 6.45) is 2.32. The SMILES string of the molecule is CCC1CC1n1c(=S)[nH]c2cc(I)c(F)cc21. The molecule has 1 aliphatic carbocycles. The number of nitrogens with zero attached hydrogens (tertiary/aromatic N) is 1. The summed E-state index contributed by atoms with van der Waals surface area (Å²) in [4.78, 5) is 3.17. The Kier molecular flexibility index (Phi) is 2.77. The van der Waals surface area contributed by atoms with Gasteiger partial charge in [-0.2, -0.15) is 0 Å². The minimum atomic E-state index is -0.172. The monoisotopic (exact) mass is 362 g/mol. The Morgan fingerprint density at radius 1 is 1.59 bits per heavy atom. The normalized spacial score (nSPS) is 23.2. The van der Waals surface area contributed by atoms with Crippen LogP contribution in [0.1, 0.15) is 25.8 Å². The van der Waals surface area contributed by atoms with Crippen LogP contribution in [0.4, 0.5) is 4.39 Å². The van der Waals surface area contributed by atoms with Crippen molar-refractivity contribution in [3.05, 3.63) is 26.3 Å². The first kappa shape index (κ1) is 11.6. The quantitative estimate of drug-likeness (QED) is 0.620. The number of H-pyrrole nitrogens is 1. The molecule has 0 saturated heterocycles. The van der Waals surface area contributed by atoms with Crippen LogP contribution < -0.4 is 0 Å². The van der Waals surface area contributed by atoms with Gasteiger partial charge in [-0.15, -0.1) is 0 Å². The minimum Gasteiger partial charge on any atom is -0.331 e. The number of nitrogens with one attached hydrogen (secondary N) is 1. The van der Waals surface area contributed by atoms with Crippen LogP contribution in [0.2, 0.25) is 0 Å². The average Bonchev–Trinajstić information content (AvgIpc) is 2.98. The van der Waals surface area contributed by atoms with Gasteiger partial charge in [0, 0.05) is 12.1 Å². The molecule has 0 bridgehead atoms. The summed E-state index contributed by atoms with van der Waals surface area (Å²) in [5, 5.41) is 0. The Labute approximate surface area is 117 Å².